The van der Waals surface area contributed by atoms with Crippen LogP contribution in [0.15, 0.2) is 34.8 Å². The number of rotatable bonds is 4. The smallest absolute Gasteiger partial charge is 0.162 e. The van der Waals surface area contributed by atoms with Gasteiger partial charge in [0.1, 0.15) is 5.82 Å². The first-order valence-corrected chi connectivity index (χ1v) is 8.07. The van der Waals surface area contributed by atoms with Crippen molar-refractivity contribution in [3.05, 3.63) is 56.8 Å². The molecule has 6 heteroatoms. The summed E-state index contributed by atoms with van der Waals surface area (Å²) in [4.78, 5) is -0.257. The van der Waals surface area contributed by atoms with Crippen LogP contribution in [-0.4, -0.2) is 14.2 Å². The first-order valence-electron chi connectivity index (χ1n) is 5.98. The summed E-state index contributed by atoms with van der Waals surface area (Å²) in [6.45, 7) is 0. The normalized spacial score (nSPS) is 12.1. The van der Waals surface area contributed by atoms with Crippen molar-refractivity contribution in [2.45, 2.75) is 4.83 Å². The lowest BCUT2D eigenvalue weighted by molar-refractivity contribution is 0.354. The van der Waals surface area contributed by atoms with Gasteiger partial charge in [-0.3, -0.25) is 0 Å². The van der Waals surface area contributed by atoms with Gasteiger partial charge in [0.15, 0.2) is 11.5 Å². The maximum Gasteiger partial charge on any atom is 0.162 e. The summed E-state index contributed by atoms with van der Waals surface area (Å²) in [7, 11) is 3.10. The van der Waals surface area contributed by atoms with Crippen molar-refractivity contribution in [1.82, 2.24) is 0 Å². The van der Waals surface area contributed by atoms with Crippen molar-refractivity contribution in [2.24, 2.45) is 0 Å². The van der Waals surface area contributed by atoms with Gasteiger partial charge in [0.25, 0.3) is 0 Å². The molecule has 21 heavy (non-hydrogen) atoms. The van der Waals surface area contributed by atoms with E-state index in [4.69, 9.17) is 21.1 Å². The number of hydrogen-bond donors (Lipinski definition) is 0. The molecule has 1 atom stereocenters. The summed E-state index contributed by atoms with van der Waals surface area (Å²) in [5.41, 5.74) is 1.53. The third-order valence-corrected chi connectivity index (χ3v) is 5.00. The first kappa shape index (κ1) is 16.6. The molecular weight excluding hydrogens is 426 g/mol. The lowest BCUT2D eigenvalue weighted by Crippen LogP contribution is -1.98. The summed E-state index contributed by atoms with van der Waals surface area (Å²) in [5, 5.41) is 0.512. The lowest BCUT2D eigenvalue weighted by atomic mass is 10.0. The SMILES string of the molecule is COc1cc(Cl)c(C(Br)c2ccc(Br)c(F)c2)cc1OC. The molecule has 0 bridgehead atoms. The van der Waals surface area contributed by atoms with E-state index in [1.807, 2.05) is 6.07 Å². The first-order chi connectivity index (χ1) is 9.97. The van der Waals surface area contributed by atoms with Gasteiger partial charge in [0.2, 0.25) is 0 Å². The molecule has 0 N–H and O–H groups in total. The fourth-order valence-electron chi connectivity index (χ4n) is 1.91. The van der Waals surface area contributed by atoms with E-state index in [-0.39, 0.29) is 10.6 Å². The maximum atomic E-state index is 13.7. The molecule has 0 heterocycles. The lowest BCUT2D eigenvalue weighted by Gasteiger charge is -2.16. The van der Waals surface area contributed by atoms with E-state index in [0.717, 1.165) is 11.1 Å². The van der Waals surface area contributed by atoms with E-state index in [2.05, 4.69) is 31.9 Å². The van der Waals surface area contributed by atoms with Gasteiger partial charge in [-0.1, -0.05) is 33.6 Å². The molecule has 0 fully saturated rings. The Morgan fingerprint density at radius 2 is 1.71 bits per heavy atom. The third-order valence-electron chi connectivity index (χ3n) is 3.01. The Morgan fingerprint density at radius 3 is 2.29 bits per heavy atom. The highest BCUT2D eigenvalue weighted by molar-refractivity contribution is 9.10. The number of hydrogen-bond acceptors (Lipinski definition) is 2. The molecule has 1 unspecified atom stereocenters. The average Bonchev–Trinajstić information content (AvgIpc) is 2.49. The van der Waals surface area contributed by atoms with Crippen molar-refractivity contribution in [3.63, 3.8) is 0 Å². The minimum atomic E-state index is -0.325. The zero-order valence-electron chi connectivity index (χ0n) is 11.3. The minimum absolute atomic E-state index is 0.257. The molecule has 0 aliphatic carbocycles. The Morgan fingerprint density at radius 1 is 1.10 bits per heavy atom. The number of halogens is 4. The molecule has 2 aromatic carbocycles. The zero-order valence-corrected chi connectivity index (χ0v) is 15.2. The van der Waals surface area contributed by atoms with Crippen LogP contribution < -0.4 is 9.47 Å². The fraction of sp³-hybridized carbons (Fsp3) is 0.200. The molecule has 0 spiro atoms. The summed E-state index contributed by atoms with van der Waals surface area (Å²) >= 11 is 13.0. The Balaban J connectivity index is 2.47. The molecule has 0 radical (unpaired) electrons. The van der Waals surface area contributed by atoms with Crippen LogP contribution in [0.5, 0.6) is 11.5 Å². The summed E-state index contributed by atoms with van der Waals surface area (Å²) in [5.74, 6) is 0.792. The van der Waals surface area contributed by atoms with Crippen LogP contribution in [0.3, 0.4) is 0 Å². The fourth-order valence-corrected chi connectivity index (χ4v) is 3.22. The Labute approximate surface area is 144 Å². The third kappa shape index (κ3) is 3.52. The number of alkyl halides is 1. The van der Waals surface area contributed by atoms with Crippen molar-refractivity contribution in [1.29, 1.82) is 0 Å². The van der Waals surface area contributed by atoms with Crippen molar-refractivity contribution >= 4 is 43.5 Å². The highest BCUT2D eigenvalue weighted by Gasteiger charge is 2.18. The van der Waals surface area contributed by atoms with Gasteiger partial charge in [0, 0.05) is 11.1 Å². The van der Waals surface area contributed by atoms with Gasteiger partial charge in [-0.25, -0.2) is 4.39 Å². The standard InChI is InChI=1S/C15H12Br2ClFO2/c1-20-13-6-9(11(18)7-14(13)21-2)15(17)8-3-4-10(16)12(19)5-8/h3-7,15H,1-2H3. The highest BCUT2D eigenvalue weighted by atomic mass is 79.9. The molecule has 112 valence electrons. The molecule has 0 aliphatic heterocycles. The second-order valence-electron chi connectivity index (χ2n) is 4.26. The van der Waals surface area contributed by atoms with Gasteiger partial charge in [-0.05, 0) is 45.3 Å². The van der Waals surface area contributed by atoms with E-state index >= 15 is 0 Å². The molecule has 0 saturated carbocycles. The molecule has 0 aliphatic rings. The van der Waals surface area contributed by atoms with Gasteiger partial charge < -0.3 is 9.47 Å². The summed E-state index contributed by atoms with van der Waals surface area (Å²) < 4.78 is 24.6. The summed E-state index contributed by atoms with van der Waals surface area (Å²) in [6.07, 6.45) is 0. The van der Waals surface area contributed by atoms with Crippen LogP contribution in [0, 0.1) is 5.82 Å². The quantitative estimate of drug-likeness (QED) is 0.567. The van der Waals surface area contributed by atoms with Crippen molar-refractivity contribution < 1.29 is 13.9 Å². The van der Waals surface area contributed by atoms with E-state index < -0.39 is 0 Å². The predicted molar refractivity (Wildman–Crippen MR) is 89.4 cm³/mol. The van der Waals surface area contributed by atoms with Gasteiger partial charge >= 0.3 is 0 Å². The topological polar surface area (TPSA) is 18.5 Å². The van der Waals surface area contributed by atoms with Crippen molar-refractivity contribution in [3.8, 4) is 11.5 Å². The van der Waals surface area contributed by atoms with Crippen LogP contribution in [-0.2, 0) is 0 Å². The monoisotopic (exact) mass is 436 g/mol. The second kappa shape index (κ2) is 6.99. The van der Waals surface area contributed by atoms with Crippen LogP contribution in [0.1, 0.15) is 16.0 Å². The summed E-state index contributed by atoms with van der Waals surface area (Å²) in [6, 6.07) is 8.39. The molecule has 0 amide bonds. The van der Waals surface area contributed by atoms with Gasteiger partial charge in [-0.2, -0.15) is 0 Å². The van der Waals surface area contributed by atoms with Crippen LogP contribution >= 0.6 is 43.5 Å². The molecular formula is C15H12Br2ClFO2. The average molecular weight is 439 g/mol. The highest BCUT2D eigenvalue weighted by Crippen LogP contribution is 2.41. The maximum absolute atomic E-state index is 13.7. The Hall–Kier alpha value is -0.780. The molecule has 2 nitrogen and oxygen atoms in total. The van der Waals surface area contributed by atoms with Crippen LogP contribution in [0.4, 0.5) is 4.39 Å². The van der Waals surface area contributed by atoms with E-state index in [1.54, 1.807) is 32.4 Å². The Kier molecular flexibility index (Phi) is 5.52. The number of ether oxygens (including phenoxy) is 2. The Bertz CT molecular complexity index is 664. The molecule has 2 aromatic rings. The number of methoxy groups -OCH3 is 2. The number of benzene rings is 2. The van der Waals surface area contributed by atoms with Crippen LogP contribution in [0.2, 0.25) is 5.02 Å². The second-order valence-corrected chi connectivity index (χ2v) is 6.44. The predicted octanol–water partition coefficient (Wildman–Crippen LogP) is 5.74. The largest absolute Gasteiger partial charge is 0.493 e. The molecule has 0 aromatic heterocycles. The zero-order chi connectivity index (χ0) is 15.6. The van der Waals surface area contributed by atoms with Gasteiger partial charge in [0.05, 0.1) is 23.5 Å². The molecule has 0 saturated heterocycles. The van der Waals surface area contributed by atoms with Crippen LogP contribution in [0.25, 0.3) is 0 Å². The van der Waals surface area contributed by atoms with E-state index in [0.29, 0.717) is 21.0 Å². The van der Waals surface area contributed by atoms with E-state index in [9.17, 15) is 4.39 Å². The minimum Gasteiger partial charge on any atom is -0.493 e. The van der Waals surface area contributed by atoms with Crippen molar-refractivity contribution in [2.75, 3.05) is 14.2 Å². The van der Waals surface area contributed by atoms with E-state index in [1.165, 1.54) is 6.07 Å². The molecule has 2 rings (SSSR count). The van der Waals surface area contributed by atoms with Gasteiger partial charge in [-0.15, -0.1) is 0 Å².